The topological polar surface area (TPSA) is 64.1 Å². The molecule has 0 unspecified atom stereocenters. The molecule has 0 atom stereocenters. The normalized spacial score (nSPS) is 10.9. The Morgan fingerprint density at radius 2 is 1.93 bits per heavy atom. The Bertz CT molecular complexity index is 1080. The molecule has 0 radical (unpaired) electrons. The number of carbonyl (C=O) groups is 1. The van der Waals surface area contributed by atoms with Crippen LogP contribution in [0, 0.1) is 6.92 Å². The zero-order chi connectivity index (χ0) is 20.6. The number of nitrogens with zero attached hydrogens (tertiary/aromatic N) is 2. The van der Waals surface area contributed by atoms with Crippen LogP contribution in [0.2, 0.25) is 0 Å². The van der Waals surface area contributed by atoms with Crippen molar-refractivity contribution in [2.75, 3.05) is 5.32 Å². The van der Waals surface area contributed by atoms with Crippen molar-refractivity contribution < 1.29 is 11.0 Å². The van der Waals surface area contributed by atoms with Crippen LogP contribution in [-0.2, 0) is 0 Å². The maximum atomic E-state index is 12.4. The van der Waals surface area contributed by atoms with Crippen LogP contribution in [0.1, 0.15) is 23.0 Å². The van der Waals surface area contributed by atoms with E-state index in [-0.39, 0.29) is 13.3 Å². The van der Waals surface area contributed by atoms with Crippen LogP contribution < -0.4 is 10.1 Å². The van der Waals surface area contributed by atoms with Crippen LogP contribution in [0.15, 0.2) is 92.2 Å². The fourth-order valence-corrected chi connectivity index (χ4v) is 2.61. The summed E-state index contributed by atoms with van der Waals surface area (Å²) in [6.45, 7) is 9.40. The monoisotopic (exact) mass is 385 g/mol. The van der Waals surface area contributed by atoms with Crippen molar-refractivity contribution in [2.24, 2.45) is 0 Å². The summed E-state index contributed by atoms with van der Waals surface area (Å²) in [7, 11) is 0. The largest absolute Gasteiger partial charge is 0.424 e. The molecule has 5 nitrogen and oxygen atoms in total. The fraction of sp³-hybridized carbons (Fsp3) is 0.0417. The minimum absolute atomic E-state index is 0. The molecule has 0 saturated carbocycles. The van der Waals surface area contributed by atoms with E-state index in [9.17, 15) is 4.79 Å². The van der Waals surface area contributed by atoms with Gasteiger partial charge in [0.25, 0.3) is 5.91 Å². The van der Waals surface area contributed by atoms with Gasteiger partial charge in [-0.15, -0.1) is 0 Å². The van der Waals surface area contributed by atoms with E-state index in [0.717, 1.165) is 11.1 Å². The molecule has 1 amide bonds. The number of ether oxygens (including phenoxy) is 1. The smallest absolute Gasteiger partial charge is 0.322 e. The molecule has 0 saturated heterocycles. The zero-order valence-electron chi connectivity index (χ0n) is 16.1. The second-order valence-electron chi connectivity index (χ2n) is 6.19. The molecular formula is C24H23N3O2. The minimum Gasteiger partial charge on any atom is -0.424 e. The number of aromatic nitrogens is 2. The zero-order valence-corrected chi connectivity index (χ0v) is 16.1. The predicted octanol–water partition coefficient (Wildman–Crippen LogP) is 5.83. The molecule has 0 fully saturated rings. The number of carbonyl (C=O) groups excluding carboxylic acids is 1. The average molecular weight is 385 g/mol. The van der Waals surface area contributed by atoms with Crippen LogP contribution in [0.25, 0.3) is 5.57 Å². The highest BCUT2D eigenvalue weighted by Crippen LogP contribution is 2.27. The minimum atomic E-state index is -0.191. The third-order valence-electron chi connectivity index (χ3n) is 4.13. The summed E-state index contributed by atoms with van der Waals surface area (Å²) in [5, 5.41) is 2.87. The summed E-state index contributed by atoms with van der Waals surface area (Å²) in [5.41, 5.74) is 3.58. The molecule has 0 bridgehead atoms. The van der Waals surface area contributed by atoms with Gasteiger partial charge in [-0.2, -0.15) is 4.98 Å². The molecular weight excluding hydrogens is 362 g/mol. The van der Waals surface area contributed by atoms with Crippen molar-refractivity contribution in [3.8, 4) is 11.8 Å². The Morgan fingerprint density at radius 1 is 1.14 bits per heavy atom. The molecule has 3 aromatic rings. The van der Waals surface area contributed by atoms with Gasteiger partial charge in [0, 0.05) is 24.9 Å². The summed E-state index contributed by atoms with van der Waals surface area (Å²) in [5.74, 6) is 0.365. The van der Waals surface area contributed by atoms with E-state index in [1.54, 1.807) is 42.6 Å². The number of hydrogen-bond donors (Lipinski definition) is 1. The molecule has 0 aliphatic heterocycles. The summed E-state index contributed by atoms with van der Waals surface area (Å²) >= 11 is 0. The van der Waals surface area contributed by atoms with Gasteiger partial charge in [-0.25, -0.2) is 4.98 Å². The molecule has 146 valence electrons. The number of amides is 1. The van der Waals surface area contributed by atoms with Crippen molar-refractivity contribution >= 4 is 17.2 Å². The highest BCUT2D eigenvalue weighted by Gasteiger charge is 2.10. The number of aryl methyl sites for hydroxylation is 1. The van der Waals surface area contributed by atoms with Crippen molar-refractivity contribution in [1.82, 2.24) is 9.97 Å². The second kappa shape index (κ2) is 9.28. The highest BCUT2D eigenvalue weighted by molar-refractivity contribution is 6.04. The van der Waals surface area contributed by atoms with Crippen LogP contribution in [0.4, 0.5) is 5.69 Å². The van der Waals surface area contributed by atoms with E-state index in [1.165, 1.54) is 0 Å². The Balaban J connectivity index is 0.00000320. The van der Waals surface area contributed by atoms with Crippen LogP contribution in [0.3, 0.4) is 0 Å². The van der Waals surface area contributed by atoms with E-state index in [2.05, 4.69) is 28.4 Å². The molecule has 29 heavy (non-hydrogen) atoms. The molecule has 0 spiro atoms. The second-order valence-corrected chi connectivity index (χ2v) is 6.19. The SMILES string of the molecule is C=C/C=C(\C=C)c1ccnc(Oc2cc(NC(=O)c3ccccc3)ccc2C)n1.[HH]. The third kappa shape index (κ3) is 5.05. The van der Waals surface area contributed by atoms with Gasteiger partial charge in [-0.05, 0) is 42.3 Å². The first-order valence-corrected chi connectivity index (χ1v) is 9.04. The Labute approximate surface area is 171 Å². The van der Waals surface area contributed by atoms with Gasteiger partial charge in [0.2, 0.25) is 0 Å². The van der Waals surface area contributed by atoms with Crippen molar-refractivity contribution in [3.63, 3.8) is 0 Å². The molecule has 1 heterocycles. The maximum Gasteiger partial charge on any atom is 0.322 e. The van der Waals surface area contributed by atoms with E-state index in [0.29, 0.717) is 22.7 Å². The lowest BCUT2D eigenvalue weighted by molar-refractivity contribution is 0.102. The molecule has 2 aromatic carbocycles. The lowest BCUT2D eigenvalue weighted by Crippen LogP contribution is -2.11. The standard InChI is InChI=1S/C24H21N3O2.H2/c1-4-9-18(5-2)21-14-15-25-24(27-21)29-22-16-20(13-12-17(22)3)26-23(28)19-10-7-6-8-11-19;/h4-16H,1-2H2,3H3,(H,26,28);1H/b18-9+;. The van der Waals surface area contributed by atoms with Crippen LogP contribution in [0.5, 0.6) is 11.8 Å². The molecule has 5 heteroatoms. The molecule has 0 aliphatic carbocycles. The quantitative estimate of drug-likeness (QED) is 0.520. The van der Waals surface area contributed by atoms with E-state index < -0.39 is 0 Å². The van der Waals surface area contributed by atoms with Gasteiger partial charge in [0.1, 0.15) is 5.75 Å². The van der Waals surface area contributed by atoms with E-state index >= 15 is 0 Å². The number of nitrogens with one attached hydrogen (secondary N) is 1. The van der Waals surface area contributed by atoms with Crippen LogP contribution in [-0.4, -0.2) is 15.9 Å². The number of rotatable bonds is 7. The first kappa shape index (κ1) is 19.8. The van der Waals surface area contributed by atoms with Crippen molar-refractivity contribution in [1.29, 1.82) is 0 Å². The van der Waals surface area contributed by atoms with E-state index in [4.69, 9.17) is 4.74 Å². The molecule has 1 aromatic heterocycles. The van der Waals surface area contributed by atoms with Gasteiger partial charge in [0.05, 0.1) is 5.69 Å². The van der Waals surface area contributed by atoms with E-state index in [1.807, 2.05) is 43.3 Å². The summed E-state index contributed by atoms with van der Waals surface area (Å²) in [4.78, 5) is 21.0. The summed E-state index contributed by atoms with van der Waals surface area (Å²) in [6.07, 6.45) is 6.79. The fourth-order valence-electron chi connectivity index (χ4n) is 2.61. The number of benzene rings is 2. The highest BCUT2D eigenvalue weighted by atomic mass is 16.5. The van der Waals surface area contributed by atoms with Gasteiger partial charge < -0.3 is 10.1 Å². The van der Waals surface area contributed by atoms with Crippen LogP contribution >= 0.6 is 0 Å². The Kier molecular flexibility index (Phi) is 6.32. The predicted molar refractivity (Wildman–Crippen MR) is 118 cm³/mol. The van der Waals surface area contributed by atoms with Crippen molar-refractivity contribution in [3.05, 3.63) is 109 Å². The number of anilines is 1. The number of allylic oxidation sites excluding steroid dienone is 4. The Hall–Kier alpha value is -3.99. The maximum absolute atomic E-state index is 12.4. The molecule has 1 N–H and O–H groups in total. The van der Waals surface area contributed by atoms with Gasteiger partial charge in [-0.3, -0.25) is 4.79 Å². The average Bonchev–Trinajstić information content (AvgIpc) is 2.75. The first-order chi connectivity index (χ1) is 14.1. The molecule has 3 rings (SSSR count). The third-order valence-corrected chi connectivity index (χ3v) is 4.13. The Morgan fingerprint density at radius 3 is 2.66 bits per heavy atom. The van der Waals surface area contributed by atoms with Gasteiger partial charge in [0.15, 0.2) is 0 Å². The summed E-state index contributed by atoms with van der Waals surface area (Å²) < 4.78 is 5.89. The summed E-state index contributed by atoms with van der Waals surface area (Å²) in [6, 6.07) is 16.4. The lowest BCUT2D eigenvalue weighted by Gasteiger charge is -2.11. The number of hydrogen-bond acceptors (Lipinski definition) is 4. The molecule has 0 aliphatic rings. The lowest BCUT2D eigenvalue weighted by atomic mass is 10.1. The first-order valence-electron chi connectivity index (χ1n) is 9.04. The van der Waals surface area contributed by atoms with Crippen molar-refractivity contribution in [2.45, 2.75) is 6.92 Å². The van der Waals surface area contributed by atoms with Gasteiger partial charge in [-0.1, -0.05) is 55.7 Å². The van der Waals surface area contributed by atoms with Gasteiger partial charge >= 0.3 is 6.01 Å².